The molecule has 0 aromatic heterocycles. The van der Waals surface area contributed by atoms with Crippen molar-refractivity contribution in [2.45, 2.75) is 44.6 Å². The summed E-state index contributed by atoms with van der Waals surface area (Å²) in [5, 5.41) is 3.62. The molecule has 0 bridgehead atoms. The van der Waals surface area contributed by atoms with Crippen molar-refractivity contribution in [2.75, 3.05) is 0 Å². The summed E-state index contributed by atoms with van der Waals surface area (Å²) < 4.78 is 0. The molecule has 2 heterocycles. The third-order valence-electron chi connectivity index (χ3n) is 9.09. The molecule has 0 N–H and O–H groups in total. The van der Waals surface area contributed by atoms with Gasteiger partial charge in [0.15, 0.2) is 0 Å². The largest absolute Gasteiger partial charge is 0.282 e. The first kappa shape index (κ1) is 23.2. The molecule has 2 nitrogen and oxygen atoms in total. The molecule has 4 aromatic carbocycles. The zero-order valence-corrected chi connectivity index (χ0v) is 22.7. The number of nitrogens with zero attached hydrogens (tertiary/aromatic N) is 2. The standard InChI is InChI=1S/C36H29ClN2/c1-21-9-10-22-13-16-26-25-6-4-7-29(27(25)17-18-28(26)31(22)19-21)35-36-34(30-5-2-3-8-33(30)39-36)32(20-38-35)23-11-14-24(37)15-12-23/h2-3,5,8-18,20-21,29,35H,4,6-7,19H2,1H3. The van der Waals surface area contributed by atoms with Crippen LogP contribution >= 0.6 is 11.6 Å². The van der Waals surface area contributed by atoms with Crippen LogP contribution in [0, 0.1) is 5.92 Å². The molecular weight excluding hydrogens is 496 g/mol. The maximum Gasteiger partial charge on any atom is 0.0994 e. The van der Waals surface area contributed by atoms with Gasteiger partial charge in [0.25, 0.3) is 0 Å². The normalized spacial score (nSPS) is 22.8. The smallest absolute Gasteiger partial charge is 0.0994 e. The number of dihydropyridines is 1. The molecular formula is C36H29ClN2. The molecule has 0 fully saturated rings. The molecule has 3 heteroatoms. The van der Waals surface area contributed by atoms with Crippen molar-refractivity contribution in [2.24, 2.45) is 15.9 Å². The quantitative estimate of drug-likeness (QED) is 0.249. The zero-order chi connectivity index (χ0) is 26.1. The Kier molecular flexibility index (Phi) is 5.28. The molecule has 0 spiro atoms. The van der Waals surface area contributed by atoms with Crippen LogP contribution in [-0.4, -0.2) is 18.0 Å². The lowest BCUT2D eigenvalue weighted by Crippen LogP contribution is -2.31. The van der Waals surface area contributed by atoms with Crippen LogP contribution in [0.25, 0.3) is 28.0 Å². The fourth-order valence-electron chi connectivity index (χ4n) is 7.25. The van der Waals surface area contributed by atoms with Crippen LogP contribution in [0.4, 0.5) is 5.69 Å². The molecule has 0 radical (unpaired) electrons. The Hall–Kier alpha value is -3.75. The first-order chi connectivity index (χ1) is 19.2. The number of rotatable bonds is 2. The lowest BCUT2D eigenvalue weighted by molar-refractivity contribution is 0.530. The van der Waals surface area contributed by atoms with Crippen molar-refractivity contribution in [1.29, 1.82) is 0 Å². The molecule has 3 unspecified atom stereocenters. The molecule has 0 amide bonds. The van der Waals surface area contributed by atoms with Crippen LogP contribution in [0.15, 0.2) is 88.9 Å². The highest BCUT2D eigenvalue weighted by atomic mass is 35.5. The molecule has 4 aliphatic rings. The van der Waals surface area contributed by atoms with Gasteiger partial charge in [0.1, 0.15) is 0 Å². The van der Waals surface area contributed by atoms with Crippen LogP contribution in [0.2, 0.25) is 5.02 Å². The summed E-state index contributed by atoms with van der Waals surface area (Å²) in [4.78, 5) is 10.5. The number of benzene rings is 4. The van der Waals surface area contributed by atoms with E-state index in [4.69, 9.17) is 21.6 Å². The first-order valence-electron chi connectivity index (χ1n) is 14.1. The first-order valence-corrected chi connectivity index (χ1v) is 14.5. The van der Waals surface area contributed by atoms with Crippen LogP contribution < -0.4 is 0 Å². The van der Waals surface area contributed by atoms with Gasteiger partial charge in [-0.25, -0.2) is 4.99 Å². The number of fused-ring (bicyclic) bond motifs is 8. The zero-order valence-electron chi connectivity index (χ0n) is 22.0. The van der Waals surface area contributed by atoms with Gasteiger partial charge < -0.3 is 0 Å². The Labute approximate surface area is 234 Å². The molecule has 190 valence electrons. The van der Waals surface area contributed by atoms with Gasteiger partial charge in [0.2, 0.25) is 0 Å². The molecule has 0 saturated carbocycles. The summed E-state index contributed by atoms with van der Waals surface area (Å²) in [7, 11) is 0. The molecule has 39 heavy (non-hydrogen) atoms. The lowest BCUT2D eigenvalue weighted by Gasteiger charge is -2.34. The minimum atomic E-state index is 0.0144. The number of halogens is 1. The SMILES string of the molecule is CC1C=Cc2ccc3c4c(ccc3c2C1)C(C1N=CC(c2ccc(Cl)cc2)=C2C1=Nc1ccccc12)CCC4. The van der Waals surface area contributed by atoms with Crippen LogP contribution in [0.3, 0.4) is 0 Å². The monoisotopic (exact) mass is 524 g/mol. The Morgan fingerprint density at radius 3 is 2.59 bits per heavy atom. The average molecular weight is 525 g/mol. The number of hydrogen-bond acceptors (Lipinski definition) is 2. The highest BCUT2D eigenvalue weighted by molar-refractivity contribution is 6.44. The second-order valence-corrected chi connectivity index (χ2v) is 11.9. The van der Waals surface area contributed by atoms with E-state index in [0.717, 1.165) is 46.8 Å². The Balaban J connectivity index is 1.26. The second-order valence-electron chi connectivity index (χ2n) is 11.4. The number of aryl methyl sites for hydroxylation is 1. The Morgan fingerprint density at radius 1 is 0.872 bits per heavy atom. The number of aliphatic imine (C=N–C) groups is 2. The summed E-state index contributed by atoms with van der Waals surface area (Å²) in [6.07, 6.45) is 11.3. The summed E-state index contributed by atoms with van der Waals surface area (Å²) in [5.74, 6) is 0.907. The van der Waals surface area contributed by atoms with Gasteiger partial charge in [-0.2, -0.15) is 0 Å². The van der Waals surface area contributed by atoms with E-state index in [1.165, 1.54) is 50.6 Å². The Bertz CT molecular complexity index is 1790. The van der Waals surface area contributed by atoms with Crippen LogP contribution in [0.5, 0.6) is 0 Å². The third-order valence-corrected chi connectivity index (χ3v) is 9.34. The van der Waals surface area contributed by atoms with Gasteiger partial charge in [-0.05, 0) is 88.4 Å². The minimum absolute atomic E-state index is 0.0144. The predicted octanol–water partition coefficient (Wildman–Crippen LogP) is 9.27. The van der Waals surface area contributed by atoms with Gasteiger partial charge in [0.05, 0.1) is 17.4 Å². The van der Waals surface area contributed by atoms with Gasteiger partial charge in [-0.3, -0.25) is 4.99 Å². The van der Waals surface area contributed by atoms with Crippen molar-refractivity contribution >= 4 is 57.2 Å². The average Bonchev–Trinajstić information content (AvgIpc) is 3.36. The lowest BCUT2D eigenvalue weighted by atomic mass is 9.73. The van der Waals surface area contributed by atoms with E-state index in [1.54, 1.807) is 0 Å². The van der Waals surface area contributed by atoms with E-state index in [0.29, 0.717) is 11.8 Å². The van der Waals surface area contributed by atoms with Gasteiger partial charge >= 0.3 is 0 Å². The topological polar surface area (TPSA) is 24.7 Å². The molecule has 8 rings (SSSR count). The summed E-state index contributed by atoms with van der Waals surface area (Å²) in [6, 6.07) is 26.2. The highest BCUT2D eigenvalue weighted by Gasteiger charge is 2.39. The number of hydrogen-bond donors (Lipinski definition) is 0. The Morgan fingerprint density at radius 2 is 1.69 bits per heavy atom. The van der Waals surface area contributed by atoms with Crippen molar-refractivity contribution in [3.8, 4) is 0 Å². The molecule has 2 aliphatic carbocycles. The highest BCUT2D eigenvalue weighted by Crippen LogP contribution is 2.48. The predicted molar refractivity (Wildman–Crippen MR) is 166 cm³/mol. The van der Waals surface area contributed by atoms with Gasteiger partial charge in [0, 0.05) is 33.9 Å². The fourth-order valence-corrected chi connectivity index (χ4v) is 7.38. The van der Waals surface area contributed by atoms with Crippen LogP contribution in [-0.2, 0) is 12.8 Å². The van der Waals surface area contributed by atoms with Crippen molar-refractivity contribution < 1.29 is 0 Å². The summed E-state index contributed by atoms with van der Waals surface area (Å²) in [6.45, 7) is 2.32. The van der Waals surface area contributed by atoms with Crippen molar-refractivity contribution in [3.63, 3.8) is 0 Å². The number of allylic oxidation sites excluding steroid dienone is 2. The van der Waals surface area contributed by atoms with E-state index in [-0.39, 0.29) is 6.04 Å². The maximum atomic E-state index is 6.23. The maximum absolute atomic E-state index is 6.23. The van der Waals surface area contributed by atoms with Gasteiger partial charge in [-0.1, -0.05) is 85.3 Å². The van der Waals surface area contributed by atoms with E-state index in [1.807, 2.05) is 12.1 Å². The molecule has 2 aliphatic heterocycles. The summed E-state index contributed by atoms with van der Waals surface area (Å²) in [5.41, 5.74) is 12.7. The minimum Gasteiger partial charge on any atom is -0.282 e. The van der Waals surface area contributed by atoms with Gasteiger partial charge in [-0.15, -0.1) is 0 Å². The van der Waals surface area contributed by atoms with Crippen LogP contribution in [0.1, 0.15) is 59.1 Å². The van der Waals surface area contributed by atoms with E-state index in [2.05, 4.69) is 86.0 Å². The van der Waals surface area contributed by atoms with Crippen molar-refractivity contribution in [1.82, 2.24) is 0 Å². The van der Waals surface area contributed by atoms with E-state index >= 15 is 0 Å². The number of para-hydroxylation sites is 1. The van der Waals surface area contributed by atoms with E-state index < -0.39 is 0 Å². The molecule has 4 aromatic rings. The summed E-state index contributed by atoms with van der Waals surface area (Å²) >= 11 is 6.23. The van der Waals surface area contributed by atoms with Crippen molar-refractivity contribution in [3.05, 3.63) is 117 Å². The van der Waals surface area contributed by atoms with E-state index in [9.17, 15) is 0 Å². The molecule has 3 atom stereocenters. The molecule has 0 saturated heterocycles. The fraction of sp³-hybridized carbons (Fsp3) is 0.222. The third kappa shape index (κ3) is 3.62. The second kappa shape index (κ2) is 8.89.